The number of hydrogen-bond donors (Lipinski definition) is 3. The van der Waals surface area contributed by atoms with E-state index in [1.165, 1.54) is 12.1 Å². The van der Waals surface area contributed by atoms with Crippen molar-refractivity contribution in [1.82, 2.24) is 9.55 Å². The fourth-order valence-electron chi connectivity index (χ4n) is 1.83. The molecule has 0 aliphatic heterocycles. The lowest BCUT2D eigenvalue weighted by Crippen LogP contribution is -2.14. The maximum Gasteiger partial charge on any atom is 0.238 e. The van der Waals surface area contributed by atoms with Crippen molar-refractivity contribution in [2.24, 2.45) is 12.2 Å². The van der Waals surface area contributed by atoms with Crippen molar-refractivity contribution in [3.05, 3.63) is 36.4 Å². The van der Waals surface area contributed by atoms with Crippen molar-refractivity contribution in [3.63, 3.8) is 0 Å². The topological polar surface area (TPSA) is 116 Å². The van der Waals surface area contributed by atoms with E-state index in [0.717, 1.165) is 12.2 Å². The quantitative estimate of drug-likeness (QED) is 0.686. The van der Waals surface area contributed by atoms with Gasteiger partial charge in [-0.25, -0.2) is 18.5 Å². The third-order valence-corrected chi connectivity index (χ3v) is 3.85. The molecule has 0 atom stereocenters. The van der Waals surface area contributed by atoms with Crippen LogP contribution >= 0.6 is 0 Å². The minimum Gasteiger partial charge on any atom is -0.397 e. The minimum atomic E-state index is -3.72. The summed E-state index contributed by atoms with van der Waals surface area (Å²) in [6.45, 7) is 0.643. The van der Waals surface area contributed by atoms with E-state index < -0.39 is 10.0 Å². The molecule has 20 heavy (non-hydrogen) atoms. The Kier molecular flexibility index (Phi) is 3.96. The number of benzene rings is 1. The van der Waals surface area contributed by atoms with Gasteiger partial charge < -0.3 is 15.6 Å². The Bertz CT molecular complexity index is 708. The van der Waals surface area contributed by atoms with Gasteiger partial charge in [0.05, 0.1) is 16.3 Å². The summed E-state index contributed by atoms with van der Waals surface area (Å²) in [5.74, 6) is 0.956. The molecule has 0 aliphatic carbocycles. The Morgan fingerprint density at radius 1 is 1.40 bits per heavy atom. The normalized spacial score (nSPS) is 11.5. The second-order valence-corrected chi connectivity index (χ2v) is 5.99. The Morgan fingerprint density at radius 3 is 2.70 bits per heavy atom. The molecule has 5 N–H and O–H groups in total. The van der Waals surface area contributed by atoms with E-state index in [4.69, 9.17) is 10.9 Å². The summed E-state index contributed by atoms with van der Waals surface area (Å²) in [5.41, 5.74) is 6.82. The van der Waals surface area contributed by atoms with Crippen LogP contribution in [0.25, 0.3) is 0 Å². The molecule has 0 unspecified atom stereocenters. The second-order valence-electron chi connectivity index (χ2n) is 4.43. The van der Waals surface area contributed by atoms with Gasteiger partial charge in [-0.3, -0.25) is 0 Å². The highest BCUT2D eigenvalue weighted by Crippen LogP contribution is 2.21. The summed E-state index contributed by atoms with van der Waals surface area (Å²) in [6, 6.07) is 4.38. The maximum atomic E-state index is 11.2. The van der Waals surface area contributed by atoms with Gasteiger partial charge >= 0.3 is 0 Å². The van der Waals surface area contributed by atoms with Gasteiger partial charge in [-0.1, -0.05) is 0 Å². The van der Waals surface area contributed by atoms with Crippen molar-refractivity contribution >= 4 is 21.4 Å². The number of hydrogen-bond acceptors (Lipinski definition) is 5. The zero-order chi connectivity index (χ0) is 14.8. The van der Waals surface area contributed by atoms with E-state index in [1.807, 2.05) is 17.8 Å². The molecule has 108 valence electrons. The Morgan fingerprint density at radius 2 is 2.15 bits per heavy atom. The number of nitrogen functional groups attached to an aromatic ring is 1. The first-order chi connectivity index (χ1) is 9.38. The molecule has 0 radical (unpaired) electrons. The summed E-state index contributed by atoms with van der Waals surface area (Å²) >= 11 is 0. The van der Waals surface area contributed by atoms with Gasteiger partial charge in [0, 0.05) is 32.4 Å². The molecule has 7 nitrogen and oxygen atoms in total. The number of rotatable bonds is 5. The first-order valence-electron chi connectivity index (χ1n) is 6.00. The monoisotopic (exact) mass is 295 g/mol. The van der Waals surface area contributed by atoms with Crippen LogP contribution in [0.5, 0.6) is 0 Å². The Balaban J connectivity index is 2.02. The summed E-state index contributed by atoms with van der Waals surface area (Å²) in [5, 5.41) is 8.19. The van der Waals surface area contributed by atoms with Crippen LogP contribution in [-0.4, -0.2) is 24.5 Å². The highest BCUT2D eigenvalue weighted by Gasteiger charge is 2.09. The Labute approximate surface area is 117 Å². The smallest absolute Gasteiger partial charge is 0.238 e. The number of nitrogens with zero attached hydrogens (tertiary/aromatic N) is 2. The van der Waals surface area contributed by atoms with Crippen LogP contribution in [0.4, 0.5) is 11.4 Å². The number of primary sulfonamides is 1. The summed E-state index contributed by atoms with van der Waals surface area (Å²) in [4.78, 5) is 4.22. The minimum absolute atomic E-state index is 0.00431. The summed E-state index contributed by atoms with van der Waals surface area (Å²) < 4.78 is 24.3. The third kappa shape index (κ3) is 3.28. The number of nitrogens with two attached hydrogens (primary N) is 2. The van der Waals surface area contributed by atoms with E-state index in [9.17, 15) is 8.42 Å². The van der Waals surface area contributed by atoms with Gasteiger partial charge in [0.1, 0.15) is 5.82 Å². The highest BCUT2D eigenvalue weighted by atomic mass is 32.2. The molecule has 2 rings (SSSR count). The van der Waals surface area contributed by atoms with Gasteiger partial charge in [0.2, 0.25) is 10.0 Å². The molecule has 8 heteroatoms. The summed E-state index contributed by atoms with van der Waals surface area (Å²) in [6.07, 6.45) is 4.36. The highest BCUT2D eigenvalue weighted by molar-refractivity contribution is 7.89. The lowest BCUT2D eigenvalue weighted by molar-refractivity contribution is 0.598. The first-order valence-corrected chi connectivity index (χ1v) is 7.55. The number of aromatic nitrogens is 2. The third-order valence-electron chi connectivity index (χ3n) is 2.94. The lowest BCUT2D eigenvalue weighted by atomic mass is 10.2. The first kappa shape index (κ1) is 14.4. The van der Waals surface area contributed by atoms with Crippen LogP contribution in [0.1, 0.15) is 5.82 Å². The van der Waals surface area contributed by atoms with Crippen molar-refractivity contribution in [1.29, 1.82) is 0 Å². The number of nitrogens with one attached hydrogen (secondary N) is 1. The molecule has 1 heterocycles. The van der Waals surface area contributed by atoms with Crippen molar-refractivity contribution in [3.8, 4) is 0 Å². The fraction of sp³-hybridized carbons (Fsp3) is 0.250. The van der Waals surface area contributed by atoms with E-state index in [2.05, 4.69) is 10.3 Å². The number of aryl methyl sites for hydroxylation is 1. The predicted molar refractivity (Wildman–Crippen MR) is 77.6 cm³/mol. The molecule has 1 aromatic heterocycles. The van der Waals surface area contributed by atoms with Gasteiger partial charge in [-0.15, -0.1) is 0 Å². The second kappa shape index (κ2) is 5.51. The average Bonchev–Trinajstić information content (AvgIpc) is 2.76. The van der Waals surface area contributed by atoms with Crippen molar-refractivity contribution in [2.75, 3.05) is 17.6 Å². The van der Waals surface area contributed by atoms with Crippen LogP contribution in [0.2, 0.25) is 0 Å². The molecule has 0 spiro atoms. The number of imidazole rings is 1. The molecule has 0 saturated carbocycles. The predicted octanol–water partition coefficient (Wildman–Crippen LogP) is 0.304. The molecule has 0 saturated heterocycles. The van der Waals surface area contributed by atoms with E-state index in [0.29, 0.717) is 17.9 Å². The van der Waals surface area contributed by atoms with Crippen LogP contribution in [0.15, 0.2) is 35.5 Å². The van der Waals surface area contributed by atoms with Gasteiger partial charge in [-0.05, 0) is 18.2 Å². The van der Waals surface area contributed by atoms with E-state index in [1.54, 1.807) is 12.3 Å². The standard InChI is InChI=1S/C12H17N5O2S/c1-17-7-6-16-12(17)4-5-15-11-3-2-9(8-10(11)13)20(14,18)19/h2-3,6-8,15H,4-5,13H2,1H3,(H2,14,18,19). The SMILES string of the molecule is Cn1ccnc1CCNc1ccc(S(N)(=O)=O)cc1N. The van der Waals surface area contributed by atoms with Gasteiger partial charge in [0.15, 0.2) is 0 Å². The van der Waals surface area contributed by atoms with Crippen LogP contribution in [-0.2, 0) is 23.5 Å². The molecule has 0 fully saturated rings. The molecule has 0 amide bonds. The molecular formula is C12H17N5O2S. The molecular weight excluding hydrogens is 278 g/mol. The van der Waals surface area contributed by atoms with Gasteiger partial charge in [0.25, 0.3) is 0 Å². The van der Waals surface area contributed by atoms with Crippen molar-refractivity contribution in [2.45, 2.75) is 11.3 Å². The molecule has 0 aliphatic rings. The Hall–Kier alpha value is -2.06. The van der Waals surface area contributed by atoms with Crippen LogP contribution in [0, 0.1) is 0 Å². The zero-order valence-electron chi connectivity index (χ0n) is 11.1. The molecule has 2 aromatic rings. The van der Waals surface area contributed by atoms with E-state index in [-0.39, 0.29) is 4.90 Å². The van der Waals surface area contributed by atoms with Crippen LogP contribution < -0.4 is 16.2 Å². The van der Waals surface area contributed by atoms with Gasteiger partial charge in [-0.2, -0.15) is 0 Å². The van der Waals surface area contributed by atoms with E-state index >= 15 is 0 Å². The number of sulfonamides is 1. The fourth-order valence-corrected chi connectivity index (χ4v) is 2.37. The summed E-state index contributed by atoms with van der Waals surface area (Å²) in [7, 11) is -1.80. The lowest BCUT2D eigenvalue weighted by Gasteiger charge is -2.10. The number of anilines is 2. The molecule has 0 bridgehead atoms. The van der Waals surface area contributed by atoms with Crippen LogP contribution in [0.3, 0.4) is 0 Å². The maximum absolute atomic E-state index is 11.2. The molecule has 1 aromatic carbocycles. The largest absolute Gasteiger partial charge is 0.397 e. The zero-order valence-corrected chi connectivity index (χ0v) is 11.9. The van der Waals surface area contributed by atoms with Crippen molar-refractivity contribution < 1.29 is 8.42 Å². The average molecular weight is 295 g/mol.